The molecular formula is C21H31ClN2O4S. The summed E-state index contributed by atoms with van der Waals surface area (Å²) in [4.78, 5) is 14.5. The summed E-state index contributed by atoms with van der Waals surface area (Å²) in [5.74, 6) is 0.000825. The molecule has 2 aliphatic rings. The van der Waals surface area contributed by atoms with Crippen molar-refractivity contribution in [3.63, 3.8) is 0 Å². The molecule has 2 heterocycles. The molecule has 1 N–H and O–H groups in total. The van der Waals surface area contributed by atoms with Crippen molar-refractivity contribution in [2.45, 2.75) is 70.6 Å². The van der Waals surface area contributed by atoms with Gasteiger partial charge in [0, 0.05) is 41.5 Å². The van der Waals surface area contributed by atoms with Gasteiger partial charge < -0.3 is 18.9 Å². The average molecular weight is 443 g/mol. The molecule has 1 amide bonds. The topological polar surface area (TPSA) is 73.9 Å². The number of amides is 1. The van der Waals surface area contributed by atoms with E-state index >= 15 is 0 Å². The minimum atomic E-state index is -1.27. The van der Waals surface area contributed by atoms with E-state index in [0.29, 0.717) is 49.7 Å². The summed E-state index contributed by atoms with van der Waals surface area (Å²) >= 11 is 5.11. The zero-order valence-electron chi connectivity index (χ0n) is 17.6. The van der Waals surface area contributed by atoms with Crippen LogP contribution in [0.25, 0.3) is 0 Å². The van der Waals surface area contributed by atoms with Crippen LogP contribution in [0.1, 0.15) is 74.5 Å². The molecule has 162 valence electrons. The first-order valence-electron chi connectivity index (χ1n) is 10.2. The Morgan fingerprint density at radius 1 is 1.34 bits per heavy atom. The third-order valence-corrected chi connectivity index (χ3v) is 7.09. The Kier molecular flexibility index (Phi) is 7.51. The molecule has 1 saturated heterocycles. The fourth-order valence-corrected chi connectivity index (χ4v) is 4.70. The summed E-state index contributed by atoms with van der Waals surface area (Å²) in [5.41, 5.74) is 2.55. The molecule has 0 radical (unpaired) electrons. The Bertz CT molecular complexity index is 734. The van der Waals surface area contributed by atoms with Gasteiger partial charge >= 0.3 is 0 Å². The van der Waals surface area contributed by atoms with Crippen LogP contribution in [0.2, 0.25) is 5.02 Å². The minimum absolute atomic E-state index is 0.000825. The summed E-state index contributed by atoms with van der Waals surface area (Å²) in [5, 5.41) is 0.517. The Balaban J connectivity index is 1.89. The van der Waals surface area contributed by atoms with Crippen LogP contribution in [0.4, 0.5) is 0 Å². The summed E-state index contributed by atoms with van der Waals surface area (Å²) in [6.07, 6.45) is 1.99. The van der Waals surface area contributed by atoms with Gasteiger partial charge in [0.1, 0.15) is 4.75 Å². The number of carbonyl (C=O) groups excluding carboxylic acids is 1. The number of nitrogens with one attached hydrogen (secondary N) is 1. The van der Waals surface area contributed by atoms with Crippen molar-refractivity contribution in [2.24, 2.45) is 0 Å². The zero-order valence-corrected chi connectivity index (χ0v) is 19.2. The lowest BCUT2D eigenvalue weighted by Crippen LogP contribution is -2.42. The number of benzene rings is 1. The van der Waals surface area contributed by atoms with Crippen LogP contribution < -0.4 is 4.72 Å². The maximum Gasteiger partial charge on any atom is 0.254 e. The number of ether oxygens (including phenoxy) is 2. The maximum atomic E-state index is 12.9. The van der Waals surface area contributed by atoms with E-state index in [4.69, 9.17) is 21.1 Å². The molecule has 2 aliphatic heterocycles. The van der Waals surface area contributed by atoms with Gasteiger partial charge in [0.05, 0.1) is 19.3 Å². The molecule has 0 aliphatic carbocycles. The molecule has 3 rings (SSSR count). The van der Waals surface area contributed by atoms with Crippen LogP contribution >= 0.6 is 11.6 Å². The standard InChI is InChI=1S/C21H31ClN2O4S/c1-5-24-13-17-15(11-14(22)12-16(17)20(24)25)18(23-29(26)21(2,3)4)7-8-19-27-9-6-10-28-19/h11-12,18-19,23H,5-10,13H2,1-4H3/t18-,29+/m1/s1. The summed E-state index contributed by atoms with van der Waals surface area (Å²) in [7, 11) is 0. The first-order chi connectivity index (χ1) is 13.7. The molecule has 1 aromatic rings. The van der Waals surface area contributed by atoms with E-state index in [1.54, 1.807) is 11.0 Å². The maximum absolute atomic E-state index is 12.9. The van der Waals surface area contributed by atoms with E-state index in [0.717, 1.165) is 17.5 Å². The van der Waals surface area contributed by atoms with Crippen molar-refractivity contribution in [3.8, 4) is 0 Å². The van der Waals surface area contributed by atoms with Crippen molar-refractivity contribution in [2.75, 3.05) is 19.8 Å². The number of hydrogen-bond acceptors (Lipinski definition) is 5. The summed E-state index contributed by atoms with van der Waals surface area (Å²) in [6.45, 7) is 10.4. The fraction of sp³-hybridized carbons (Fsp3) is 0.667. The average Bonchev–Trinajstić information content (AvgIpc) is 3.00. The second-order valence-corrected chi connectivity index (χ2v) is 10.9. The van der Waals surface area contributed by atoms with Crippen molar-refractivity contribution in [1.82, 2.24) is 9.62 Å². The highest BCUT2D eigenvalue weighted by atomic mass is 35.5. The highest BCUT2D eigenvalue weighted by Gasteiger charge is 2.35. The van der Waals surface area contributed by atoms with Gasteiger partial charge in [-0.2, -0.15) is 0 Å². The predicted octanol–water partition coefficient (Wildman–Crippen LogP) is 3.95. The number of fused-ring (bicyclic) bond motifs is 1. The van der Waals surface area contributed by atoms with Crippen molar-refractivity contribution in [3.05, 3.63) is 33.8 Å². The molecule has 1 aromatic carbocycles. The van der Waals surface area contributed by atoms with Crippen LogP contribution in [0.3, 0.4) is 0 Å². The number of rotatable bonds is 7. The van der Waals surface area contributed by atoms with Gasteiger partial charge in [-0.1, -0.05) is 11.6 Å². The van der Waals surface area contributed by atoms with Crippen molar-refractivity contribution >= 4 is 28.9 Å². The van der Waals surface area contributed by atoms with Gasteiger partial charge in [0.2, 0.25) is 0 Å². The molecule has 0 unspecified atom stereocenters. The molecule has 29 heavy (non-hydrogen) atoms. The SMILES string of the molecule is CCN1Cc2c(cc(Cl)cc2[C@@H](CCC2OCCCO2)N[S@@+]([O-])C(C)(C)C)C1=O. The zero-order chi connectivity index (χ0) is 21.2. The van der Waals surface area contributed by atoms with Crippen LogP contribution in [0.5, 0.6) is 0 Å². The molecular weight excluding hydrogens is 412 g/mol. The molecule has 2 atom stereocenters. The molecule has 0 bridgehead atoms. The number of nitrogens with zero attached hydrogens (tertiary/aromatic N) is 1. The van der Waals surface area contributed by atoms with E-state index in [1.165, 1.54) is 0 Å². The lowest BCUT2D eigenvalue weighted by molar-refractivity contribution is -0.182. The highest BCUT2D eigenvalue weighted by Crippen LogP contribution is 2.35. The van der Waals surface area contributed by atoms with E-state index < -0.39 is 16.1 Å². The van der Waals surface area contributed by atoms with E-state index in [-0.39, 0.29) is 18.2 Å². The Labute approximate surface area is 181 Å². The smallest absolute Gasteiger partial charge is 0.254 e. The Morgan fingerprint density at radius 3 is 2.66 bits per heavy atom. The third kappa shape index (κ3) is 5.46. The van der Waals surface area contributed by atoms with E-state index in [9.17, 15) is 9.35 Å². The normalized spacial score (nSPS) is 20.1. The molecule has 8 heteroatoms. The molecule has 0 aromatic heterocycles. The van der Waals surface area contributed by atoms with Crippen LogP contribution in [0, 0.1) is 0 Å². The molecule has 0 saturated carbocycles. The number of hydrogen-bond donors (Lipinski definition) is 1. The van der Waals surface area contributed by atoms with Crippen LogP contribution in [-0.2, 0) is 27.4 Å². The van der Waals surface area contributed by atoms with Gasteiger partial charge in [-0.25, -0.2) is 0 Å². The first-order valence-corrected chi connectivity index (χ1v) is 11.8. The monoisotopic (exact) mass is 442 g/mol. The van der Waals surface area contributed by atoms with Gasteiger partial charge in [0.25, 0.3) is 5.91 Å². The lowest BCUT2D eigenvalue weighted by Gasteiger charge is -2.30. The van der Waals surface area contributed by atoms with Crippen LogP contribution in [-0.4, -0.2) is 46.2 Å². The van der Waals surface area contributed by atoms with Crippen LogP contribution in [0.15, 0.2) is 12.1 Å². The third-order valence-electron chi connectivity index (χ3n) is 5.27. The van der Waals surface area contributed by atoms with Crippen molar-refractivity contribution < 1.29 is 18.8 Å². The fourth-order valence-electron chi connectivity index (χ4n) is 3.61. The Hall–Kier alpha value is -0.830. The van der Waals surface area contributed by atoms with E-state index in [1.807, 2.05) is 33.8 Å². The van der Waals surface area contributed by atoms with E-state index in [2.05, 4.69) is 4.72 Å². The number of halogens is 1. The first kappa shape index (κ1) is 22.8. The Morgan fingerprint density at radius 2 is 2.03 bits per heavy atom. The molecule has 6 nitrogen and oxygen atoms in total. The highest BCUT2D eigenvalue weighted by molar-refractivity contribution is 7.90. The predicted molar refractivity (Wildman–Crippen MR) is 115 cm³/mol. The minimum Gasteiger partial charge on any atom is -0.598 e. The van der Waals surface area contributed by atoms with Gasteiger partial charge in [0.15, 0.2) is 6.29 Å². The summed E-state index contributed by atoms with van der Waals surface area (Å²) in [6, 6.07) is 3.41. The second kappa shape index (κ2) is 9.54. The lowest BCUT2D eigenvalue weighted by atomic mass is 9.95. The van der Waals surface area contributed by atoms with Gasteiger partial charge in [-0.3, -0.25) is 4.79 Å². The summed E-state index contributed by atoms with van der Waals surface area (Å²) < 4.78 is 27.2. The molecule has 1 fully saturated rings. The number of carbonyl (C=O) groups is 1. The second-order valence-electron chi connectivity index (χ2n) is 8.49. The quantitative estimate of drug-likeness (QED) is 0.647. The molecule has 0 spiro atoms. The van der Waals surface area contributed by atoms with Gasteiger partial charge in [-0.05, 0) is 63.8 Å². The largest absolute Gasteiger partial charge is 0.598 e. The van der Waals surface area contributed by atoms with Crippen molar-refractivity contribution in [1.29, 1.82) is 0 Å². The van der Waals surface area contributed by atoms with Gasteiger partial charge in [-0.15, -0.1) is 4.72 Å².